The van der Waals surface area contributed by atoms with Crippen LogP contribution in [0.3, 0.4) is 0 Å². The molecule has 0 aliphatic carbocycles. The standard InChI is InChI=1S/C27H29N3O2/c1-20-13-14-23(21(2)19-20)27(31)28-16-15-26-29-24-11-6-7-12-25(24)30(26)17-8-18-32-22-9-4-3-5-10-22/h3-7,9-14,19H,8,15-18H2,1-2H3,(H,28,31). The monoisotopic (exact) mass is 427 g/mol. The van der Waals surface area contributed by atoms with Gasteiger partial charge in [-0.05, 0) is 56.2 Å². The van der Waals surface area contributed by atoms with Gasteiger partial charge in [-0.15, -0.1) is 0 Å². The van der Waals surface area contributed by atoms with Crippen LogP contribution in [0.4, 0.5) is 0 Å². The summed E-state index contributed by atoms with van der Waals surface area (Å²) in [6.07, 6.45) is 1.54. The molecule has 0 atom stereocenters. The fourth-order valence-electron chi connectivity index (χ4n) is 3.95. The summed E-state index contributed by atoms with van der Waals surface area (Å²) in [7, 11) is 0. The molecule has 0 unspecified atom stereocenters. The number of fused-ring (bicyclic) bond motifs is 1. The van der Waals surface area contributed by atoms with Gasteiger partial charge in [0.25, 0.3) is 5.91 Å². The molecule has 4 aromatic rings. The molecule has 0 saturated carbocycles. The SMILES string of the molecule is Cc1ccc(C(=O)NCCc2nc3ccccc3n2CCCOc2ccccc2)c(C)c1. The van der Waals surface area contributed by atoms with Gasteiger partial charge in [0, 0.05) is 25.1 Å². The fourth-order valence-corrected chi connectivity index (χ4v) is 3.95. The Kier molecular flexibility index (Phi) is 6.85. The van der Waals surface area contributed by atoms with E-state index in [0.717, 1.165) is 52.3 Å². The molecule has 1 amide bonds. The molecule has 32 heavy (non-hydrogen) atoms. The first-order chi connectivity index (χ1) is 15.6. The Bertz CT molecular complexity index is 1200. The smallest absolute Gasteiger partial charge is 0.251 e. The van der Waals surface area contributed by atoms with Crippen molar-refractivity contribution in [3.63, 3.8) is 0 Å². The van der Waals surface area contributed by atoms with E-state index in [1.807, 2.05) is 80.6 Å². The number of benzene rings is 3. The van der Waals surface area contributed by atoms with Crippen molar-refractivity contribution in [2.45, 2.75) is 33.2 Å². The van der Waals surface area contributed by atoms with Crippen LogP contribution in [-0.4, -0.2) is 28.6 Å². The minimum absolute atomic E-state index is 0.0403. The number of ether oxygens (including phenoxy) is 1. The van der Waals surface area contributed by atoms with Gasteiger partial charge in [0.15, 0.2) is 0 Å². The maximum atomic E-state index is 12.6. The molecule has 0 fully saturated rings. The van der Waals surface area contributed by atoms with Crippen LogP contribution in [0.1, 0.15) is 33.7 Å². The van der Waals surface area contributed by atoms with E-state index in [1.165, 1.54) is 0 Å². The zero-order valence-corrected chi connectivity index (χ0v) is 18.7. The summed E-state index contributed by atoms with van der Waals surface area (Å²) in [5.41, 5.74) is 4.97. The Balaban J connectivity index is 1.39. The second-order valence-electron chi connectivity index (χ2n) is 8.01. The zero-order chi connectivity index (χ0) is 22.3. The molecule has 1 heterocycles. The number of carbonyl (C=O) groups is 1. The van der Waals surface area contributed by atoms with Crippen LogP contribution in [0.25, 0.3) is 11.0 Å². The number of nitrogens with zero attached hydrogens (tertiary/aromatic N) is 2. The number of imidazole rings is 1. The topological polar surface area (TPSA) is 56.2 Å². The quantitative estimate of drug-likeness (QED) is 0.378. The molecule has 1 N–H and O–H groups in total. The van der Waals surface area contributed by atoms with E-state index in [-0.39, 0.29) is 5.91 Å². The summed E-state index contributed by atoms with van der Waals surface area (Å²) in [5.74, 6) is 1.82. The maximum absolute atomic E-state index is 12.6. The van der Waals surface area contributed by atoms with E-state index >= 15 is 0 Å². The van der Waals surface area contributed by atoms with Crippen molar-refractivity contribution in [3.05, 3.63) is 95.3 Å². The summed E-state index contributed by atoms with van der Waals surface area (Å²) < 4.78 is 8.09. The number of nitrogens with one attached hydrogen (secondary N) is 1. The highest BCUT2D eigenvalue weighted by atomic mass is 16.5. The van der Waals surface area contributed by atoms with Gasteiger partial charge in [-0.2, -0.15) is 0 Å². The minimum atomic E-state index is -0.0403. The molecule has 1 aromatic heterocycles. The fraction of sp³-hybridized carbons (Fsp3) is 0.259. The lowest BCUT2D eigenvalue weighted by molar-refractivity contribution is 0.0953. The Hall–Kier alpha value is -3.60. The lowest BCUT2D eigenvalue weighted by Gasteiger charge is -2.11. The largest absolute Gasteiger partial charge is 0.494 e. The number of rotatable bonds is 9. The van der Waals surface area contributed by atoms with E-state index in [2.05, 4.69) is 16.0 Å². The van der Waals surface area contributed by atoms with Crippen LogP contribution in [0.2, 0.25) is 0 Å². The average molecular weight is 428 g/mol. The predicted octanol–water partition coefficient (Wildman–Crippen LogP) is 5.09. The summed E-state index contributed by atoms with van der Waals surface area (Å²) in [4.78, 5) is 17.4. The number of hydrogen-bond donors (Lipinski definition) is 1. The van der Waals surface area contributed by atoms with Crippen LogP contribution in [-0.2, 0) is 13.0 Å². The molecule has 0 radical (unpaired) electrons. The van der Waals surface area contributed by atoms with Gasteiger partial charge in [0.1, 0.15) is 11.6 Å². The van der Waals surface area contributed by atoms with Crippen LogP contribution < -0.4 is 10.1 Å². The summed E-state index contributed by atoms with van der Waals surface area (Å²) in [6, 6.07) is 23.9. The van der Waals surface area contributed by atoms with E-state index in [4.69, 9.17) is 9.72 Å². The van der Waals surface area contributed by atoms with Crippen molar-refractivity contribution in [2.75, 3.05) is 13.2 Å². The second-order valence-corrected chi connectivity index (χ2v) is 8.01. The third-order valence-electron chi connectivity index (χ3n) is 5.53. The van der Waals surface area contributed by atoms with Crippen LogP contribution in [0.5, 0.6) is 5.75 Å². The van der Waals surface area contributed by atoms with Gasteiger partial charge in [-0.25, -0.2) is 4.98 Å². The second kappa shape index (κ2) is 10.1. The number of para-hydroxylation sites is 3. The summed E-state index contributed by atoms with van der Waals surface area (Å²) in [5, 5.41) is 3.05. The Morgan fingerprint density at radius 1 is 1.00 bits per heavy atom. The van der Waals surface area contributed by atoms with E-state index < -0.39 is 0 Å². The van der Waals surface area contributed by atoms with Crippen molar-refractivity contribution in [1.29, 1.82) is 0 Å². The van der Waals surface area contributed by atoms with Gasteiger partial charge >= 0.3 is 0 Å². The molecule has 0 spiro atoms. The van der Waals surface area contributed by atoms with E-state index in [0.29, 0.717) is 19.6 Å². The third-order valence-corrected chi connectivity index (χ3v) is 5.53. The molecular formula is C27H29N3O2. The zero-order valence-electron chi connectivity index (χ0n) is 18.7. The molecule has 3 aromatic carbocycles. The molecule has 5 nitrogen and oxygen atoms in total. The number of hydrogen-bond acceptors (Lipinski definition) is 3. The van der Waals surface area contributed by atoms with E-state index in [1.54, 1.807) is 0 Å². The third kappa shape index (κ3) is 5.17. The molecule has 0 aliphatic heterocycles. The Morgan fingerprint density at radius 3 is 2.59 bits per heavy atom. The summed E-state index contributed by atoms with van der Waals surface area (Å²) >= 11 is 0. The van der Waals surface area contributed by atoms with Crippen molar-refractivity contribution in [3.8, 4) is 5.75 Å². The molecule has 0 saturated heterocycles. The Morgan fingerprint density at radius 2 is 1.78 bits per heavy atom. The van der Waals surface area contributed by atoms with Crippen LogP contribution in [0, 0.1) is 13.8 Å². The lowest BCUT2D eigenvalue weighted by Crippen LogP contribution is -2.27. The van der Waals surface area contributed by atoms with Crippen LogP contribution >= 0.6 is 0 Å². The van der Waals surface area contributed by atoms with Gasteiger partial charge in [-0.3, -0.25) is 4.79 Å². The highest BCUT2D eigenvalue weighted by Crippen LogP contribution is 2.18. The molecule has 4 rings (SSSR count). The lowest BCUT2D eigenvalue weighted by atomic mass is 10.1. The average Bonchev–Trinajstić information content (AvgIpc) is 3.14. The van der Waals surface area contributed by atoms with Gasteiger partial charge in [-0.1, -0.05) is 48.0 Å². The van der Waals surface area contributed by atoms with Crippen molar-refractivity contribution >= 4 is 16.9 Å². The highest BCUT2D eigenvalue weighted by Gasteiger charge is 2.12. The predicted molar refractivity (Wildman–Crippen MR) is 128 cm³/mol. The van der Waals surface area contributed by atoms with Gasteiger partial charge < -0.3 is 14.6 Å². The van der Waals surface area contributed by atoms with Crippen molar-refractivity contribution in [1.82, 2.24) is 14.9 Å². The number of amides is 1. The van der Waals surface area contributed by atoms with E-state index in [9.17, 15) is 4.79 Å². The first kappa shape index (κ1) is 21.6. The van der Waals surface area contributed by atoms with Crippen molar-refractivity contribution < 1.29 is 9.53 Å². The molecular weight excluding hydrogens is 398 g/mol. The molecule has 0 aliphatic rings. The molecule has 5 heteroatoms. The normalized spacial score (nSPS) is 10.9. The number of carbonyl (C=O) groups excluding carboxylic acids is 1. The molecule has 164 valence electrons. The van der Waals surface area contributed by atoms with Crippen molar-refractivity contribution in [2.24, 2.45) is 0 Å². The maximum Gasteiger partial charge on any atom is 0.251 e. The summed E-state index contributed by atoms with van der Waals surface area (Å²) in [6.45, 7) is 5.99. The number of aryl methyl sites for hydroxylation is 3. The van der Waals surface area contributed by atoms with Gasteiger partial charge in [0.05, 0.1) is 17.6 Å². The van der Waals surface area contributed by atoms with Crippen LogP contribution in [0.15, 0.2) is 72.8 Å². The number of aromatic nitrogens is 2. The Labute approximate surface area is 189 Å². The first-order valence-electron chi connectivity index (χ1n) is 11.1. The minimum Gasteiger partial charge on any atom is -0.494 e. The first-order valence-corrected chi connectivity index (χ1v) is 11.1. The molecule has 0 bridgehead atoms. The van der Waals surface area contributed by atoms with Gasteiger partial charge in [0.2, 0.25) is 0 Å². The highest BCUT2D eigenvalue weighted by molar-refractivity contribution is 5.95.